The van der Waals surface area contributed by atoms with Crippen molar-refractivity contribution >= 4 is 17.4 Å². The van der Waals surface area contributed by atoms with Crippen molar-refractivity contribution in [3.05, 3.63) is 84.1 Å². The predicted octanol–water partition coefficient (Wildman–Crippen LogP) is 4.79. The number of alkyl halides is 2. The molecule has 4 aromatic rings. The Balaban J connectivity index is 1.23. The Hall–Kier alpha value is -4.14. The van der Waals surface area contributed by atoms with Crippen LogP contribution in [0.3, 0.4) is 0 Å². The van der Waals surface area contributed by atoms with Crippen molar-refractivity contribution in [3.8, 4) is 17.1 Å². The van der Waals surface area contributed by atoms with Crippen LogP contribution in [0.15, 0.2) is 67.3 Å². The van der Waals surface area contributed by atoms with Crippen LogP contribution in [0.4, 0.5) is 20.3 Å². The van der Waals surface area contributed by atoms with E-state index in [4.69, 9.17) is 0 Å². The number of fused-ring (bicyclic) bond motifs is 1. The molecule has 170 valence electrons. The standard InChI is InChI=1S/C25H20F2N6O/c26-25(27)13-29-24(34)19-8-5-17(11-20(19)25)31-22-9-10-28-23(32-22)16-3-6-18(7-4-16)33-12-21(30-14-33)15-1-2-15/h3-12,14-15H,1-2,13H2,(H,29,34)(H,28,31,32). The van der Waals surface area contributed by atoms with Crippen LogP contribution in [0.2, 0.25) is 0 Å². The van der Waals surface area contributed by atoms with E-state index in [1.807, 2.05) is 35.2 Å². The Labute approximate surface area is 193 Å². The van der Waals surface area contributed by atoms with E-state index < -0.39 is 18.4 Å². The van der Waals surface area contributed by atoms with Crippen molar-refractivity contribution in [2.45, 2.75) is 24.7 Å². The zero-order valence-corrected chi connectivity index (χ0v) is 18.0. The molecule has 0 bridgehead atoms. The number of aromatic nitrogens is 4. The van der Waals surface area contributed by atoms with Gasteiger partial charge in [-0.05, 0) is 61.4 Å². The maximum absolute atomic E-state index is 14.3. The third-order valence-corrected chi connectivity index (χ3v) is 6.08. The second-order valence-electron chi connectivity index (χ2n) is 8.56. The highest BCUT2D eigenvalue weighted by atomic mass is 19.3. The summed E-state index contributed by atoms with van der Waals surface area (Å²) in [5.41, 5.74) is 3.05. The SMILES string of the molecule is O=C1NCC(F)(F)c2cc(Nc3ccnc(-c4ccc(-n5cnc(C6CC6)c5)cc4)n3)ccc21. The first-order chi connectivity index (χ1) is 16.5. The van der Waals surface area contributed by atoms with Gasteiger partial charge in [0.2, 0.25) is 0 Å². The Morgan fingerprint density at radius 1 is 1.06 bits per heavy atom. The number of nitrogens with one attached hydrogen (secondary N) is 2. The number of benzene rings is 2. The van der Waals surface area contributed by atoms with E-state index in [-0.39, 0.29) is 11.1 Å². The van der Waals surface area contributed by atoms with E-state index in [0.717, 1.165) is 16.9 Å². The van der Waals surface area contributed by atoms with Crippen LogP contribution in [-0.2, 0) is 5.92 Å². The second kappa shape index (κ2) is 7.72. The lowest BCUT2D eigenvalue weighted by molar-refractivity contribution is -0.00832. The minimum Gasteiger partial charge on any atom is -0.346 e. The summed E-state index contributed by atoms with van der Waals surface area (Å²) in [4.78, 5) is 25.3. The summed E-state index contributed by atoms with van der Waals surface area (Å²) in [6.45, 7) is -0.711. The Morgan fingerprint density at radius 2 is 1.88 bits per heavy atom. The van der Waals surface area contributed by atoms with Crippen LogP contribution < -0.4 is 10.6 Å². The monoisotopic (exact) mass is 458 g/mol. The molecule has 0 spiro atoms. The molecule has 6 rings (SSSR count). The molecule has 1 fully saturated rings. The molecule has 0 unspecified atom stereocenters. The summed E-state index contributed by atoms with van der Waals surface area (Å²) in [6, 6.07) is 13.8. The molecule has 1 aliphatic heterocycles. The molecule has 2 aliphatic rings. The fraction of sp³-hybridized carbons (Fsp3) is 0.200. The number of nitrogens with zero attached hydrogens (tertiary/aromatic N) is 4. The second-order valence-corrected chi connectivity index (χ2v) is 8.56. The highest BCUT2D eigenvalue weighted by Crippen LogP contribution is 2.39. The highest BCUT2D eigenvalue weighted by Gasteiger charge is 2.40. The van der Waals surface area contributed by atoms with Gasteiger partial charge in [0.1, 0.15) is 5.82 Å². The molecule has 0 saturated heterocycles. The van der Waals surface area contributed by atoms with Gasteiger partial charge in [0.05, 0.1) is 18.6 Å². The summed E-state index contributed by atoms with van der Waals surface area (Å²) >= 11 is 0. The minimum absolute atomic E-state index is 0.0209. The van der Waals surface area contributed by atoms with Crippen molar-refractivity contribution in [1.82, 2.24) is 24.8 Å². The molecule has 1 saturated carbocycles. The van der Waals surface area contributed by atoms with Crippen LogP contribution >= 0.6 is 0 Å². The summed E-state index contributed by atoms with van der Waals surface area (Å²) in [7, 11) is 0. The largest absolute Gasteiger partial charge is 0.346 e. The number of amides is 1. The van der Waals surface area contributed by atoms with Gasteiger partial charge in [-0.1, -0.05) is 0 Å². The van der Waals surface area contributed by atoms with Crippen LogP contribution in [0.1, 0.15) is 40.4 Å². The number of hydrogen-bond donors (Lipinski definition) is 2. The van der Waals surface area contributed by atoms with E-state index in [1.165, 1.54) is 25.0 Å². The maximum Gasteiger partial charge on any atom is 0.291 e. The number of hydrogen-bond acceptors (Lipinski definition) is 5. The van der Waals surface area contributed by atoms with Crippen molar-refractivity contribution < 1.29 is 13.6 Å². The van der Waals surface area contributed by atoms with Gasteiger partial charge in [-0.2, -0.15) is 8.78 Å². The first kappa shape index (κ1) is 20.5. The molecule has 9 heteroatoms. The van der Waals surface area contributed by atoms with Crippen molar-refractivity contribution in [3.63, 3.8) is 0 Å². The third kappa shape index (κ3) is 3.79. The first-order valence-corrected chi connectivity index (χ1v) is 11.0. The Bertz CT molecular complexity index is 1390. The van der Waals surface area contributed by atoms with Gasteiger partial charge in [-0.25, -0.2) is 15.0 Å². The fourth-order valence-corrected chi connectivity index (χ4v) is 4.07. The van der Waals surface area contributed by atoms with E-state index in [1.54, 1.807) is 18.3 Å². The average molecular weight is 458 g/mol. The number of imidazole rings is 1. The van der Waals surface area contributed by atoms with Gasteiger partial charge in [0.15, 0.2) is 5.82 Å². The summed E-state index contributed by atoms with van der Waals surface area (Å²) in [5.74, 6) is -2.07. The molecule has 2 aromatic carbocycles. The van der Waals surface area contributed by atoms with Crippen molar-refractivity contribution in [2.75, 3.05) is 11.9 Å². The number of anilines is 2. The summed E-state index contributed by atoms with van der Waals surface area (Å²) < 4.78 is 30.6. The fourth-order valence-electron chi connectivity index (χ4n) is 4.07. The third-order valence-electron chi connectivity index (χ3n) is 6.08. The molecule has 1 aliphatic carbocycles. The molecule has 0 radical (unpaired) electrons. The summed E-state index contributed by atoms with van der Waals surface area (Å²) in [6.07, 6.45) is 7.92. The number of carbonyl (C=O) groups excluding carboxylic acids is 1. The molecule has 3 heterocycles. The van der Waals surface area contributed by atoms with Gasteiger partial charge in [0, 0.05) is 46.4 Å². The predicted molar refractivity (Wildman–Crippen MR) is 123 cm³/mol. The highest BCUT2D eigenvalue weighted by molar-refractivity contribution is 5.97. The molecule has 2 N–H and O–H groups in total. The Kier molecular flexibility index (Phi) is 4.65. The average Bonchev–Trinajstić information content (AvgIpc) is 3.58. The number of carbonyl (C=O) groups is 1. The van der Waals surface area contributed by atoms with Gasteiger partial charge in [-0.3, -0.25) is 4.79 Å². The minimum atomic E-state index is -3.13. The van der Waals surface area contributed by atoms with Crippen molar-refractivity contribution in [2.24, 2.45) is 0 Å². The lowest BCUT2D eigenvalue weighted by atomic mass is 9.96. The van der Waals surface area contributed by atoms with Gasteiger partial charge in [-0.15, -0.1) is 0 Å². The normalized spacial score (nSPS) is 16.6. The molecule has 2 aromatic heterocycles. The van der Waals surface area contributed by atoms with Crippen molar-refractivity contribution in [1.29, 1.82) is 0 Å². The number of halogens is 2. The Morgan fingerprint density at radius 3 is 2.68 bits per heavy atom. The van der Waals surface area contributed by atoms with E-state index in [9.17, 15) is 13.6 Å². The molecule has 34 heavy (non-hydrogen) atoms. The van der Waals surface area contributed by atoms with E-state index in [0.29, 0.717) is 23.2 Å². The van der Waals surface area contributed by atoms with Gasteiger partial charge in [0.25, 0.3) is 11.8 Å². The zero-order valence-electron chi connectivity index (χ0n) is 18.0. The molecule has 7 nitrogen and oxygen atoms in total. The molecule has 0 atom stereocenters. The van der Waals surface area contributed by atoms with Gasteiger partial charge < -0.3 is 15.2 Å². The van der Waals surface area contributed by atoms with E-state index in [2.05, 4.69) is 31.8 Å². The quantitative estimate of drug-likeness (QED) is 0.449. The first-order valence-electron chi connectivity index (χ1n) is 11.0. The zero-order chi connectivity index (χ0) is 23.3. The summed E-state index contributed by atoms with van der Waals surface area (Å²) in [5, 5.41) is 5.26. The van der Waals surface area contributed by atoms with Crippen LogP contribution in [-0.4, -0.2) is 32.0 Å². The molecular weight excluding hydrogens is 438 g/mol. The lowest BCUT2D eigenvalue weighted by Gasteiger charge is -2.25. The topological polar surface area (TPSA) is 84.7 Å². The molecule has 1 amide bonds. The van der Waals surface area contributed by atoms with Crippen LogP contribution in [0, 0.1) is 0 Å². The smallest absolute Gasteiger partial charge is 0.291 e. The molecular formula is C25H20F2N6O. The lowest BCUT2D eigenvalue weighted by Crippen LogP contribution is -2.41. The van der Waals surface area contributed by atoms with Gasteiger partial charge >= 0.3 is 0 Å². The van der Waals surface area contributed by atoms with Crippen LogP contribution in [0.25, 0.3) is 17.1 Å². The van der Waals surface area contributed by atoms with E-state index >= 15 is 0 Å². The number of rotatable bonds is 5. The maximum atomic E-state index is 14.3. The van der Waals surface area contributed by atoms with Crippen LogP contribution in [0.5, 0.6) is 0 Å².